The number of carbonyl (C=O) groups is 2. The number of benzene rings is 3. The lowest BCUT2D eigenvalue weighted by molar-refractivity contribution is 0.0496. The number of carbonyl (C=O) groups excluding carboxylic acids is 1. The molecule has 0 aliphatic carbocycles. The number of carboxylic acids is 1. The molecule has 0 atom stereocenters. The first-order chi connectivity index (χ1) is 14.5. The average Bonchev–Trinajstić information content (AvgIpc) is 2.75. The van der Waals surface area contributed by atoms with E-state index in [9.17, 15) is 14.7 Å². The van der Waals surface area contributed by atoms with Crippen molar-refractivity contribution in [3.8, 4) is 17.2 Å². The highest BCUT2D eigenvalue weighted by Gasteiger charge is 2.11. The van der Waals surface area contributed by atoms with Crippen molar-refractivity contribution in [3.05, 3.63) is 90.0 Å². The summed E-state index contributed by atoms with van der Waals surface area (Å²) >= 11 is 0. The van der Waals surface area contributed by atoms with Crippen molar-refractivity contribution < 1.29 is 29.3 Å². The Balaban J connectivity index is 0.000000216. The number of para-hydroxylation sites is 3. The van der Waals surface area contributed by atoms with Gasteiger partial charge in [0.05, 0.1) is 6.61 Å². The van der Waals surface area contributed by atoms with Crippen molar-refractivity contribution in [2.45, 2.75) is 19.8 Å². The summed E-state index contributed by atoms with van der Waals surface area (Å²) in [4.78, 5) is 22.3. The second kappa shape index (κ2) is 11.9. The number of aromatic carboxylic acids is 1. The first-order valence-electron chi connectivity index (χ1n) is 9.53. The quantitative estimate of drug-likeness (QED) is 0.395. The molecule has 30 heavy (non-hydrogen) atoms. The molecule has 2 N–H and O–H groups in total. The Kier molecular flexibility index (Phi) is 8.93. The van der Waals surface area contributed by atoms with Gasteiger partial charge in [0.2, 0.25) is 0 Å². The molecular weight excluding hydrogens is 384 g/mol. The highest BCUT2D eigenvalue weighted by Crippen LogP contribution is 2.24. The lowest BCUT2D eigenvalue weighted by Crippen LogP contribution is -2.06. The van der Waals surface area contributed by atoms with Gasteiger partial charge in [0, 0.05) is 0 Å². The predicted octanol–water partition coefficient (Wildman–Crippen LogP) is 5.53. The molecule has 3 aromatic carbocycles. The van der Waals surface area contributed by atoms with Crippen molar-refractivity contribution in [2.24, 2.45) is 0 Å². The van der Waals surface area contributed by atoms with Crippen LogP contribution in [0, 0.1) is 0 Å². The zero-order valence-corrected chi connectivity index (χ0v) is 16.7. The van der Waals surface area contributed by atoms with Crippen molar-refractivity contribution in [1.29, 1.82) is 0 Å². The first kappa shape index (κ1) is 22.5. The van der Waals surface area contributed by atoms with Crippen LogP contribution >= 0.6 is 0 Å². The Morgan fingerprint density at radius 2 is 1.43 bits per heavy atom. The largest absolute Gasteiger partial charge is 0.507 e. The summed E-state index contributed by atoms with van der Waals surface area (Å²) in [6.45, 7) is 2.43. The number of ether oxygens (including phenoxy) is 2. The summed E-state index contributed by atoms with van der Waals surface area (Å²) in [5.74, 6) is -0.519. The summed E-state index contributed by atoms with van der Waals surface area (Å²) in [7, 11) is 0. The maximum atomic E-state index is 11.4. The lowest BCUT2D eigenvalue weighted by Gasteiger charge is -2.07. The van der Waals surface area contributed by atoms with Gasteiger partial charge in [-0.25, -0.2) is 9.59 Å². The smallest absolute Gasteiger partial charge is 0.341 e. The standard InChI is InChI=1S/C13H10O3.C11H14O3/c14-13(15)11-8-4-5-9-12(11)16-10-6-2-1-3-7-10;1-2-3-8-14-11(13)9-6-4-5-7-10(9)12/h1-9H,(H,14,15);4-7,12H,2-3,8H2,1H3. The molecule has 3 rings (SSSR count). The Morgan fingerprint density at radius 3 is 2.07 bits per heavy atom. The van der Waals surface area contributed by atoms with E-state index < -0.39 is 11.9 Å². The van der Waals surface area contributed by atoms with Gasteiger partial charge < -0.3 is 19.7 Å². The van der Waals surface area contributed by atoms with Gasteiger partial charge in [0.1, 0.15) is 28.4 Å². The number of hydrogen-bond donors (Lipinski definition) is 2. The van der Waals surface area contributed by atoms with E-state index in [4.69, 9.17) is 14.6 Å². The molecule has 0 fully saturated rings. The molecule has 0 amide bonds. The number of phenols is 1. The van der Waals surface area contributed by atoms with Crippen molar-refractivity contribution >= 4 is 11.9 Å². The van der Waals surface area contributed by atoms with Crippen LogP contribution in [-0.4, -0.2) is 28.8 Å². The van der Waals surface area contributed by atoms with Gasteiger partial charge in [-0.15, -0.1) is 0 Å². The van der Waals surface area contributed by atoms with Crippen LogP contribution < -0.4 is 4.74 Å². The van der Waals surface area contributed by atoms with Crippen LogP contribution in [0.4, 0.5) is 0 Å². The minimum atomic E-state index is -0.994. The zero-order chi connectivity index (χ0) is 21.8. The van der Waals surface area contributed by atoms with Gasteiger partial charge in [-0.3, -0.25) is 0 Å². The monoisotopic (exact) mass is 408 g/mol. The fourth-order valence-electron chi connectivity index (χ4n) is 2.38. The summed E-state index contributed by atoms with van der Waals surface area (Å²) in [5, 5.41) is 18.3. The van der Waals surface area contributed by atoms with Crippen molar-refractivity contribution in [1.82, 2.24) is 0 Å². The number of hydrogen-bond acceptors (Lipinski definition) is 5. The van der Waals surface area contributed by atoms with Gasteiger partial charge in [0.15, 0.2) is 0 Å². The fraction of sp³-hybridized carbons (Fsp3) is 0.167. The van der Waals surface area contributed by atoms with Crippen LogP contribution in [0.2, 0.25) is 0 Å². The molecule has 0 aliphatic heterocycles. The van der Waals surface area contributed by atoms with Crippen molar-refractivity contribution in [3.63, 3.8) is 0 Å². The van der Waals surface area contributed by atoms with Crippen LogP contribution in [0.5, 0.6) is 17.2 Å². The molecule has 0 saturated heterocycles. The second-order valence-corrected chi connectivity index (χ2v) is 6.22. The normalized spacial score (nSPS) is 9.77. The SMILES string of the molecule is CCCCOC(=O)c1ccccc1O.O=C(O)c1ccccc1Oc1ccccc1. The summed E-state index contributed by atoms with van der Waals surface area (Å²) in [5.41, 5.74) is 0.384. The molecule has 0 aliphatic rings. The first-order valence-corrected chi connectivity index (χ1v) is 9.53. The van der Waals surface area contributed by atoms with Crippen LogP contribution in [0.3, 0.4) is 0 Å². The third-order valence-electron chi connectivity index (χ3n) is 3.94. The van der Waals surface area contributed by atoms with Crippen LogP contribution in [0.15, 0.2) is 78.9 Å². The molecule has 0 spiro atoms. The molecule has 6 nitrogen and oxygen atoms in total. The molecule has 6 heteroatoms. The van der Waals surface area contributed by atoms with E-state index in [1.165, 1.54) is 12.1 Å². The van der Waals surface area contributed by atoms with E-state index in [1.54, 1.807) is 48.5 Å². The van der Waals surface area contributed by atoms with Crippen LogP contribution in [0.25, 0.3) is 0 Å². The van der Waals surface area contributed by atoms with Gasteiger partial charge >= 0.3 is 11.9 Å². The zero-order valence-electron chi connectivity index (χ0n) is 16.7. The Labute approximate surface area is 175 Å². The number of carboxylic acid groups (broad SMARTS) is 1. The van der Waals surface area contributed by atoms with Gasteiger partial charge in [-0.05, 0) is 42.8 Å². The van der Waals surface area contributed by atoms with Crippen LogP contribution in [-0.2, 0) is 4.74 Å². The third kappa shape index (κ3) is 6.98. The van der Waals surface area contributed by atoms with Crippen molar-refractivity contribution in [2.75, 3.05) is 6.61 Å². The Hall–Kier alpha value is -3.80. The second-order valence-electron chi connectivity index (χ2n) is 6.22. The number of rotatable bonds is 7. The summed E-state index contributed by atoms with van der Waals surface area (Å²) < 4.78 is 10.4. The van der Waals surface area contributed by atoms with E-state index in [0.717, 1.165) is 12.8 Å². The third-order valence-corrected chi connectivity index (χ3v) is 3.94. The molecule has 0 radical (unpaired) electrons. The lowest BCUT2D eigenvalue weighted by atomic mass is 10.2. The van der Waals surface area contributed by atoms with E-state index >= 15 is 0 Å². The summed E-state index contributed by atoms with van der Waals surface area (Å²) in [6, 6.07) is 22.0. The Morgan fingerprint density at radius 1 is 0.833 bits per heavy atom. The molecule has 0 saturated carbocycles. The highest BCUT2D eigenvalue weighted by atomic mass is 16.5. The summed E-state index contributed by atoms with van der Waals surface area (Å²) in [6.07, 6.45) is 1.83. The molecule has 156 valence electrons. The average molecular weight is 408 g/mol. The molecule has 3 aromatic rings. The van der Waals surface area contributed by atoms with E-state index in [0.29, 0.717) is 18.1 Å². The molecule has 0 aromatic heterocycles. The van der Waals surface area contributed by atoms with Gasteiger partial charge in [0.25, 0.3) is 0 Å². The number of aromatic hydroxyl groups is 1. The molecular formula is C24H24O6. The predicted molar refractivity (Wildman–Crippen MR) is 113 cm³/mol. The molecule has 0 unspecified atom stereocenters. The molecule has 0 bridgehead atoms. The topological polar surface area (TPSA) is 93.1 Å². The minimum Gasteiger partial charge on any atom is -0.507 e. The fourth-order valence-corrected chi connectivity index (χ4v) is 2.38. The van der Waals surface area contributed by atoms with Crippen LogP contribution in [0.1, 0.15) is 40.5 Å². The number of esters is 1. The number of phenolic OH excluding ortho intramolecular Hbond substituents is 1. The van der Waals surface area contributed by atoms with E-state index in [1.807, 2.05) is 25.1 Å². The molecule has 0 heterocycles. The highest BCUT2D eigenvalue weighted by molar-refractivity contribution is 5.92. The van der Waals surface area contributed by atoms with Gasteiger partial charge in [-0.1, -0.05) is 55.8 Å². The Bertz CT molecular complexity index is 953. The van der Waals surface area contributed by atoms with E-state index in [2.05, 4.69) is 0 Å². The van der Waals surface area contributed by atoms with E-state index in [-0.39, 0.29) is 16.9 Å². The maximum absolute atomic E-state index is 11.4. The number of unbranched alkanes of at least 4 members (excludes halogenated alkanes) is 1. The maximum Gasteiger partial charge on any atom is 0.341 e. The van der Waals surface area contributed by atoms with Gasteiger partial charge in [-0.2, -0.15) is 0 Å². The minimum absolute atomic E-state index is 0.0333.